The van der Waals surface area contributed by atoms with Crippen LogP contribution in [0, 0.1) is 0 Å². The standard InChI is InChI=1S/C13H20BNO3/c1-12(2)13(3,4)18-14(17-12)10-5-9(8-16)6-11(15)7-10/h5-7,16H,8,15H2,1-4H3. The summed E-state index contributed by atoms with van der Waals surface area (Å²) in [5.41, 5.74) is 7.28. The van der Waals surface area contributed by atoms with Crippen LogP contribution in [0.2, 0.25) is 0 Å². The SMILES string of the molecule is CC1(C)OB(c2cc(N)cc(CO)c2)OC1(C)C. The summed E-state index contributed by atoms with van der Waals surface area (Å²) in [7, 11) is -0.441. The highest BCUT2D eigenvalue weighted by Gasteiger charge is 2.51. The Kier molecular flexibility index (Phi) is 3.17. The van der Waals surface area contributed by atoms with Crippen LogP contribution < -0.4 is 11.2 Å². The van der Waals surface area contributed by atoms with Gasteiger partial charge >= 0.3 is 7.12 Å². The highest BCUT2D eigenvalue weighted by Crippen LogP contribution is 2.36. The van der Waals surface area contributed by atoms with E-state index >= 15 is 0 Å². The second-order valence-electron chi connectivity index (χ2n) is 5.75. The average molecular weight is 249 g/mol. The van der Waals surface area contributed by atoms with Crippen molar-refractivity contribution in [3.63, 3.8) is 0 Å². The fourth-order valence-corrected chi connectivity index (χ4v) is 1.95. The van der Waals surface area contributed by atoms with Gasteiger partial charge in [-0.1, -0.05) is 6.07 Å². The lowest BCUT2D eigenvalue weighted by molar-refractivity contribution is 0.00578. The molecule has 1 aromatic carbocycles. The Morgan fingerprint density at radius 1 is 1.11 bits per heavy atom. The second-order valence-corrected chi connectivity index (χ2v) is 5.75. The minimum absolute atomic E-state index is 0.0441. The Balaban J connectivity index is 2.32. The largest absolute Gasteiger partial charge is 0.494 e. The molecule has 1 aliphatic heterocycles. The van der Waals surface area contributed by atoms with Gasteiger partial charge in [0.25, 0.3) is 0 Å². The number of benzene rings is 1. The third-order valence-corrected chi connectivity index (χ3v) is 3.75. The zero-order valence-electron chi connectivity index (χ0n) is 11.4. The number of rotatable bonds is 2. The van der Waals surface area contributed by atoms with Crippen molar-refractivity contribution in [2.75, 3.05) is 5.73 Å². The highest BCUT2D eigenvalue weighted by molar-refractivity contribution is 6.62. The van der Waals surface area contributed by atoms with E-state index in [0.717, 1.165) is 11.0 Å². The molecular weight excluding hydrogens is 229 g/mol. The minimum Gasteiger partial charge on any atom is -0.399 e. The second kappa shape index (κ2) is 4.26. The van der Waals surface area contributed by atoms with E-state index in [1.807, 2.05) is 39.8 Å². The zero-order chi connectivity index (χ0) is 13.6. The first-order valence-corrected chi connectivity index (χ1v) is 6.11. The fraction of sp³-hybridized carbons (Fsp3) is 0.538. The Morgan fingerprint density at radius 2 is 1.67 bits per heavy atom. The Morgan fingerprint density at radius 3 is 2.17 bits per heavy atom. The molecule has 1 aliphatic rings. The lowest BCUT2D eigenvalue weighted by Crippen LogP contribution is -2.41. The van der Waals surface area contributed by atoms with Gasteiger partial charge in [-0.05, 0) is 50.9 Å². The summed E-state index contributed by atoms with van der Waals surface area (Å²) in [6.07, 6.45) is 0. The van der Waals surface area contributed by atoms with E-state index in [1.54, 1.807) is 6.07 Å². The molecule has 1 fully saturated rings. The van der Waals surface area contributed by atoms with E-state index in [-0.39, 0.29) is 17.8 Å². The van der Waals surface area contributed by atoms with Crippen LogP contribution in [0.1, 0.15) is 33.3 Å². The fourth-order valence-electron chi connectivity index (χ4n) is 1.95. The summed E-state index contributed by atoms with van der Waals surface area (Å²) >= 11 is 0. The summed E-state index contributed by atoms with van der Waals surface area (Å²) in [6.45, 7) is 7.98. The maximum Gasteiger partial charge on any atom is 0.494 e. The first-order chi connectivity index (χ1) is 8.25. The number of anilines is 1. The predicted molar refractivity (Wildman–Crippen MR) is 72.5 cm³/mol. The van der Waals surface area contributed by atoms with E-state index in [9.17, 15) is 5.11 Å². The molecule has 0 amide bonds. The van der Waals surface area contributed by atoms with Crippen LogP contribution in [-0.2, 0) is 15.9 Å². The topological polar surface area (TPSA) is 64.7 Å². The number of hydrogen-bond acceptors (Lipinski definition) is 4. The average Bonchev–Trinajstić information content (AvgIpc) is 2.47. The van der Waals surface area contributed by atoms with Crippen molar-refractivity contribution in [1.29, 1.82) is 0 Å². The summed E-state index contributed by atoms with van der Waals surface area (Å²) in [5, 5.41) is 9.20. The number of hydrogen-bond donors (Lipinski definition) is 2. The van der Waals surface area contributed by atoms with Crippen LogP contribution >= 0.6 is 0 Å². The van der Waals surface area contributed by atoms with Gasteiger partial charge < -0.3 is 20.1 Å². The highest BCUT2D eigenvalue weighted by atomic mass is 16.7. The lowest BCUT2D eigenvalue weighted by atomic mass is 9.78. The molecule has 3 N–H and O–H groups in total. The molecule has 0 radical (unpaired) electrons. The Labute approximate surface area is 108 Å². The van der Waals surface area contributed by atoms with Gasteiger partial charge in [0, 0.05) is 5.69 Å². The molecule has 0 saturated carbocycles. The minimum atomic E-state index is -0.441. The number of aliphatic hydroxyl groups excluding tert-OH is 1. The molecule has 1 saturated heterocycles. The molecule has 0 aliphatic carbocycles. The van der Waals surface area contributed by atoms with E-state index < -0.39 is 7.12 Å². The number of aliphatic hydroxyl groups is 1. The van der Waals surface area contributed by atoms with Gasteiger partial charge in [-0.2, -0.15) is 0 Å². The van der Waals surface area contributed by atoms with Gasteiger partial charge in [-0.25, -0.2) is 0 Å². The molecule has 0 spiro atoms. The first-order valence-electron chi connectivity index (χ1n) is 6.11. The van der Waals surface area contributed by atoms with Crippen LogP contribution in [0.3, 0.4) is 0 Å². The first kappa shape index (κ1) is 13.4. The van der Waals surface area contributed by atoms with Crippen LogP contribution in [0.15, 0.2) is 18.2 Å². The molecule has 4 nitrogen and oxygen atoms in total. The van der Waals surface area contributed by atoms with E-state index in [1.165, 1.54) is 0 Å². The molecule has 0 bridgehead atoms. The van der Waals surface area contributed by atoms with E-state index in [0.29, 0.717) is 5.69 Å². The van der Waals surface area contributed by atoms with E-state index in [2.05, 4.69) is 0 Å². The van der Waals surface area contributed by atoms with Crippen molar-refractivity contribution in [1.82, 2.24) is 0 Å². The maximum absolute atomic E-state index is 9.20. The summed E-state index contributed by atoms with van der Waals surface area (Å²) in [6, 6.07) is 5.43. The van der Waals surface area contributed by atoms with Crippen LogP contribution in [0.5, 0.6) is 0 Å². The van der Waals surface area contributed by atoms with E-state index in [4.69, 9.17) is 15.0 Å². The third-order valence-electron chi connectivity index (χ3n) is 3.75. The molecule has 1 aromatic rings. The Bertz CT molecular complexity index is 444. The maximum atomic E-state index is 9.20. The molecule has 5 heteroatoms. The van der Waals surface area contributed by atoms with Gasteiger partial charge in [0.15, 0.2) is 0 Å². The van der Waals surface area contributed by atoms with Crippen molar-refractivity contribution in [2.24, 2.45) is 0 Å². The van der Waals surface area contributed by atoms with Crippen molar-refractivity contribution in [2.45, 2.75) is 45.5 Å². The van der Waals surface area contributed by atoms with Gasteiger partial charge in [0.05, 0.1) is 17.8 Å². The van der Waals surface area contributed by atoms with Crippen molar-refractivity contribution in [3.8, 4) is 0 Å². The van der Waals surface area contributed by atoms with Crippen LogP contribution in [0.4, 0.5) is 5.69 Å². The Hall–Kier alpha value is -1.04. The number of nitrogen functional groups attached to an aromatic ring is 1. The summed E-state index contributed by atoms with van der Waals surface area (Å²) < 4.78 is 11.9. The predicted octanol–water partition coefficient (Wildman–Crippen LogP) is 1.06. The van der Waals surface area contributed by atoms with Gasteiger partial charge in [0.2, 0.25) is 0 Å². The van der Waals surface area contributed by atoms with Gasteiger partial charge in [-0.15, -0.1) is 0 Å². The molecule has 1 heterocycles. The third kappa shape index (κ3) is 2.26. The molecule has 18 heavy (non-hydrogen) atoms. The normalized spacial score (nSPS) is 21.3. The van der Waals surface area contributed by atoms with Crippen LogP contribution in [-0.4, -0.2) is 23.4 Å². The van der Waals surface area contributed by atoms with Crippen molar-refractivity contribution < 1.29 is 14.4 Å². The smallest absolute Gasteiger partial charge is 0.399 e. The molecule has 0 aromatic heterocycles. The van der Waals surface area contributed by atoms with Gasteiger partial charge in [0.1, 0.15) is 0 Å². The molecule has 2 rings (SSSR count). The zero-order valence-corrected chi connectivity index (χ0v) is 11.4. The monoisotopic (exact) mass is 249 g/mol. The van der Waals surface area contributed by atoms with Crippen LogP contribution in [0.25, 0.3) is 0 Å². The summed E-state index contributed by atoms with van der Waals surface area (Å²) in [5.74, 6) is 0. The molecule has 0 unspecified atom stereocenters. The molecular formula is C13H20BNO3. The van der Waals surface area contributed by atoms with Crippen molar-refractivity contribution in [3.05, 3.63) is 23.8 Å². The van der Waals surface area contributed by atoms with Crippen molar-refractivity contribution >= 4 is 18.3 Å². The lowest BCUT2D eigenvalue weighted by Gasteiger charge is -2.32. The summed E-state index contributed by atoms with van der Waals surface area (Å²) in [4.78, 5) is 0. The molecule has 98 valence electrons. The van der Waals surface area contributed by atoms with Gasteiger partial charge in [-0.3, -0.25) is 0 Å². The quantitative estimate of drug-likeness (QED) is 0.607. The molecule has 0 atom stereocenters. The number of nitrogens with two attached hydrogens (primary N) is 1.